The van der Waals surface area contributed by atoms with Crippen LogP contribution in [0.25, 0.3) is 0 Å². The molecule has 4 saturated carbocycles. The first-order chi connectivity index (χ1) is 25.4. The lowest BCUT2D eigenvalue weighted by Gasteiger charge is -2.42. The highest BCUT2D eigenvalue weighted by Gasteiger charge is 2.44. The Morgan fingerprint density at radius 3 is 2.04 bits per heavy atom. The summed E-state index contributed by atoms with van der Waals surface area (Å²) in [5.41, 5.74) is 4.05. The number of aromatic carboxylic acids is 1. The predicted octanol–water partition coefficient (Wildman–Crippen LogP) is 6.85. The van der Waals surface area contributed by atoms with Gasteiger partial charge in [0.25, 0.3) is 0 Å². The van der Waals surface area contributed by atoms with Crippen molar-refractivity contribution in [2.75, 3.05) is 36.8 Å². The van der Waals surface area contributed by atoms with Crippen molar-refractivity contribution in [3.63, 3.8) is 0 Å². The van der Waals surface area contributed by atoms with Crippen LogP contribution in [-0.2, 0) is 0 Å². The fourth-order valence-corrected chi connectivity index (χ4v) is 8.00. The minimum Gasteiger partial charge on any atom is -0.477 e. The van der Waals surface area contributed by atoms with E-state index in [0.717, 1.165) is 56.7 Å². The van der Waals surface area contributed by atoms with E-state index in [1.165, 1.54) is 43.9 Å². The summed E-state index contributed by atoms with van der Waals surface area (Å²) in [5.74, 6) is 0.721. The number of carbonyl (C=O) groups is 2. The van der Waals surface area contributed by atoms with Crippen molar-refractivity contribution in [1.29, 1.82) is 0 Å². The van der Waals surface area contributed by atoms with E-state index in [4.69, 9.17) is 4.74 Å². The Bertz CT molecular complexity index is 1890. The summed E-state index contributed by atoms with van der Waals surface area (Å²) in [6, 6.07) is 28.5. The number of carboxylic acid groups (broad SMARTS) is 1. The Labute approximate surface area is 305 Å². The third-order valence-electron chi connectivity index (χ3n) is 11.9. The number of benzene rings is 2. The molecular formula is C42H48N6O4. The molecule has 0 spiro atoms. The zero-order valence-electron chi connectivity index (χ0n) is 29.5. The molecule has 0 bridgehead atoms. The fraction of sp³-hybridized carbons (Fsp3) is 0.429. The zero-order valence-corrected chi connectivity index (χ0v) is 29.5. The average Bonchev–Trinajstić information content (AvgIpc) is 4.07. The van der Waals surface area contributed by atoms with Crippen LogP contribution in [0.1, 0.15) is 95.3 Å². The van der Waals surface area contributed by atoms with E-state index >= 15 is 0 Å². The van der Waals surface area contributed by atoms with Gasteiger partial charge in [0, 0.05) is 72.8 Å². The van der Waals surface area contributed by atoms with Gasteiger partial charge in [-0.1, -0.05) is 61.4 Å². The number of nitrogens with one attached hydrogen (secondary N) is 4. The van der Waals surface area contributed by atoms with Gasteiger partial charge < -0.3 is 31.1 Å². The number of hydrogen-bond acceptors (Lipinski definition) is 9. The van der Waals surface area contributed by atoms with Crippen molar-refractivity contribution in [1.82, 2.24) is 20.6 Å². The largest absolute Gasteiger partial charge is 0.477 e. The van der Waals surface area contributed by atoms with Crippen molar-refractivity contribution in [2.24, 2.45) is 10.8 Å². The quantitative estimate of drug-likeness (QED) is 0.0588. The molecule has 4 aromatic rings. The van der Waals surface area contributed by atoms with Crippen LogP contribution < -0.4 is 26.0 Å². The van der Waals surface area contributed by atoms with Gasteiger partial charge in [0.05, 0.1) is 0 Å². The first-order valence-corrected chi connectivity index (χ1v) is 18.8. The number of anilines is 2. The molecule has 0 aliphatic heterocycles. The number of hydrogen-bond donors (Lipinski definition) is 5. The van der Waals surface area contributed by atoms with Gasteiger partial charge >= 0.3 is 11.9 Å². The summed E-state index contributed by atoms with van der Waals surface area (Å²) < 4.78 is 5.83. The SMILES string of the molecule is O=C(O)c1cc(NCC2(CNC3C[C@@H]3c3cccc(OC(=O)c4cccc(NCC5(CN[C@H]6C[C@@H]6c6ccccc6)CCC5)n4)c3)CCC2)ccn1. The molecule has 0 radical (unpaired) electrons. The van der Waals surface area contributed by atoms with Crippen LogP contribution in [0.2, 0.25) is 0 Å². The number of ether oxygens (including phenoxy) is 1. The van der Waals surface area contributed by atoms with E-state index in [1.54, 1.807) is 12.1 Å². The molecule has 4 aliphatic carbocycles. The molecule has 4 aliphatic rings. The van der Waals surface area contributed by atoms with Gasteiger partial charge in [-0.2, -0.15) is 0 Å². The topological polar surface area (TPSA) is 138 Å². The Balaban J connectivity index is 0.801. The number of aromatic nitrogens is 2. The molecule has 10 heteroatoms. The van der Waals surface area contributed by atoms with Gasteiger partial charge in [-0.05, 0) is 86.1 Å². The maximum atomic E-state index is 13.2. The maximum absolute atomic E-state index is 13.2. The summed E-state index contributed by atoms with van der Waals surface area (Å²) in [4.78, 5) is 33.1. The molecule has 1 unspecified atom stereocenters. The monoisotopic (exact) mass is 700 g/mol. The van der Waals surface area contributed by atoms with Gasteiger partial charge in [0.2, 0.25) is 0 Å². The maximum Gasteiger partial charge on any atom is 0.362 e. The molecule has 8 rings (SSSR count). The highest BCUT2D eigenvalue weighted by atomic mass is 16.5. The highest BCUT2D eigenvalue weighted by Crippen LogP contribution is 2.46. The summed E-state index contributed by atoms with van der Waals surface area (Å²) in [5, 5.41) is 23.9. The van der Waals surface area contributed by atoms with Crippen LogP contribution in [0.5, 0.6) is 5.75 Å². The van der Waals surface area contributed by atoms with Crippen LogP contribution in [-0.4, -0.2) is 65.3 Å². The molecule has 4 fully saturated rings. The number of rotatable bonds is 17. The summed E-state index contributed by atoms with van der Waals surface area (Å²) >= 11 is 0. The van der Waals surface area contributed by atoms with Crippen molar-refractivity contribution in [3.05, 3.63) is 114 Å². The molecule has 2 aromatic heterocycles. The van der Waals surface area contributed by atoms with E-state index in [-0.39, 0.29) is 22.2 Å². The van der Waals surface area contributed by atoms with E-state index < -0.39 is 11.9 Å². The lowest BCUT2D eigenvalue weighted by Crippen LogP contribution is -2.45. The van der Waals surface area contributed by atoms with Crippen LogP contribution in [0.3, 0.4) is 0 Å². The zero-order chi connectivity index (χ0) is 35.5. The van der Waals surface area contributed by atoms with Crippen LogP contribution in [0.4, 0.5) is 11.5 Å². The smallest absolute Gasteiger partial charge is 0.362 e. The number of nitrogens with zero attached hydrogens (tertiary/aromatic N) is 2. The number of esters is 1. The predicted molar refractivity (Wildman–Crippen MR) is 201 cm³/mol. The van der Waals surface area contributed by atoms with Crippen molar-refractivity contribution in [3.8, 4) is 5.75 Å². The van der Waals surface area contributed by atoms with Crippen molar-refractivity contribution < 1.29 is 19.4 Å². The molecule has 0 saturated heterocycles. The van der Waals surface area contributed by atoms with Crippen LogP contribution >= 0.6 is 0 Å². The Morgan fingerprint density at radius 1 is 0.712 bits per heavy atom. The fourth-order valence-electron chi connectivity index (χ4n) is 8.00. The summed E-state index contributed by atoms with van der Waals surface area (Å²) in [7, 11) is 0. The van der Waals surface area contributed by atoms with E-state index in [2.05, 4.69) is 67.6 Å². The second-order valence-corrected chi connectivity index (χ2v) is 15.6. The van der Waals surface area contributed by atoms with Crippen molar-refractivity contribution >= 4 is 23.4 Å². The van der Waals surface area contributed by atoms with Crippen LogP contribution in [0.15, 0.2) is 91.1 Å². The number of carboxylic acids is 1. The molecule has 5 N–H and O–H groups in total. The Morgan fingerprint density at radius 2 is 1.37 bits per heavy atom. The molecule has 2 heterocycles. The molecule has 2 aromatic carbocycles. The van der Waals surface area contributed by atoms with E-state index in [0.29, 0.717) is 35.5 Å². The normalized spacial score (nSPS) is 23.4. The minimum atomic E-state index is -1.02. The molecule has 270 valence electrons. The first kappa shape index (κ1) is 34.3. The number of pyridine rings is 2. The summed E-state index contributed by atoms with van der Waals surface area (Å²) in [6.45, 7) is 3.49. The lowest BCUT2D eigenvalue weighted by atomic mass is 9.68. The van der Waals surface area contributed by atoms with Gasteiger partial charge in [-0.25, -0.2) is 19.6 Å². The van der Waals surface area contributed by atoms with Gasteiger partial charge in [-0.3, -0.25) is 0 Å². The minimum absolute atomic E-state index is 0.0450. The van der Waals surface area contributed by atoms with Crippen molar-refractivity contribution in [2.45, 2.75) is 75.3 Å². The number of carbonyl (C=O) groups excluding carboxylic acids is 1. The van der Waals surface area contributed by atoms with Gasteiger partial charge in [0.1, 0.15) is 17.3 Å². The van der Waals surface area contributed by atoms with Crippen LogP contribution in [0, 0.1) is 10.8 Å². The molecular weight excluding hydrogens is 652 g/mol. The van der Waals surface area contributed by atoms with Gasteiger partial charge in [-0.15, -0.1) is 0 Å². The highest BCUT2D eigenvalue weighted by molar-refractivity contribution is 5.89. The lowest BCUT2D eigenvalue weighted by molar-refractivity contribution is 0.0688. The second kappa shape index (κ2) is 14.7. The molecule has 4 atom stereocenters. The standard InChI is InChI=1S/C42H48N6O4/c49-39(50)37-21-30(14-19-43-37)44-24-41(15-6-16-41)25-46-36-23-33(36)29-10-4-11-31(20-29)52-40(51)34-12-5-13-38(48-34)47-27-42(17-7-18-42)26-45-35-22-32(35)28-8-2-1-3-9-28/h1-5,8-14,19-21,32-33,35-36,45-46H,6-7,15-18,22-27H2,(H,43,44)(H,47,48)(H,49,50)/t32-,33-,35+,36?/m1/s1. The van der Waals surface area contributed by atoms with Gasteiger partial charge in [0.15, 0.2) is 5.69 Å². The average molecular weight is 701 g/mol. The Hall–Kier alpha value is -4.80. The van der Waals surface area contributed by atoms with E-state index in [1.807, 2.05) is 36.4 Å². The third-order valence-corrected chi connectivity index (χ3v) is 11.9. The molecule has 52 heavy (non-hydrogen) atoms. The second-order valence-electron chi connectivity index (χ2n) is 15.6. The Kier molecular flexibility index (Phi) is 9.68. The third kappa shape index (κ3) is 7.98. The van der Waals surface area contributed by atoms with E-state index in [9.17, 15) is 14.7 Å². The molecule has 10 nitrogen and oxygen atoms in total. The first-order valence-electron chi connectivity index (χ1n) is 18.8. The molecule has 0 amide bonds. The summed E-state index contributed by atoms with van der Waals surface area (Å²) in [6.07, 6.45) is 10.8.